The van der Waals surface area contributed by atoms with Gasteiger partial charge in [0, 0.05) is 22.3 Å². The molecule has 2 heterocycles. The van der Waals surface area contributed by atoms with E-state index in [0.717, 1.165) is 33.4 Å². The molecule has 6 heteroatoms. The molecular weight excluding hydrogens is 604 g/mol. The lowest BCUT2D eigenvalue weighted by Gasteiger charge is -2.34. The van der Waals surface area contributed by atoms with Crippen LogP contribution in [0.25, 0.3) is 56.9 Å². The first kappa shape index (κ1) is 28.8. The zero-order valence-electron chi connectivity index (χ0n) is 27.0. The second kappa shape index (κ2) is 11.4. The van der Waals surface area contributed by atoms with E-state index in [1.165, 1.54) is 33.4 Å². The van der Waals surface area contributed by atoms with Crippen LogP contribution in [-0.2, 0) is 5.41 Å². The molecule has 0 aliphatic heterocycles. The van der Waals surface area contributed by atoms with Crippen molar-refractivity contribution < 1.29 is 8.83 Å². The van der Waals surface area contributed by atoms with E-state index in [-0.39, 0.29) is 0 Å². The Morgan fingerprint density at radius 3 is 1.10 bits per heavy atom. The van der Waals surface area contributed by atoms with Crippen molar-refractivity contribution in [3.8, 4) is 56.9 Å². The quantitative estimate of drug-likeness (QED) is 0.181. The average Bonchev–Trinajstić information content (AvgIpc) is 3.91. The first-order chi connectivity index (χ1) is 24.1. The molecule has 234 valence electrons. The maximum absolute atomic E-state index is 6.12. The minimum atomic E-state index is -0.576. The lowest BCUT2D eigenvalue weighted by Crippen LogP contribution is -2.28. The van der Waals surface area contributed by atoms with Crippen LogP contribution in [0.1, 0.15) is 33.4 Å². The van der Waals surface area contributed by atoms with E-state index in [4.69, 9.17) is 8.83 Å². The fraction of sp³-hybridized carbons (Fsp3) is 0.0698. The predicted octanol–water partition coefficient (Wildman–Crippen LogP) is 10.1. The number of aryl methyl sites for hydroxylation is 2. The van der Waals surface area contributed by atoms with Gasteiger partial charge in [-0.1, -0.05) is 108 Å². The highest BCUT2D eigenvalue weighted by molar-refractivity contribution is 5.87. The molecule has 1 aliphatic rings. The van der Waals surface area contributed by atoms with Gasteiger partial charge >= 0.3 is 0 Å². The smallest absolute Gasteiger partial charge is 0.248 e. The van der Waals surface area contributed by atoms with Crippen LogP contribution in [0.15, 0.2) is 154 Å². The first-order valence-electron chi connectivity index (χ1n) is 16.3. The zero-order valence-corrected chi connectivity index (χ0v) is 27.0. The van der Waals surface area contributed by atoms with Crippen molar-refractivity contribution in [1.29, 1.82) is 0 Å². The number of hydrogen-bond acceptors (Lipinski definition) is 6. The number of aromatic nitrogens is 4. The zero-order chi connectivity index (χ0) is 33.0. The fourth-order valence-corrected chi connectivity index (χ4v) is 7.14. The summed E-state index contributed by atoms with van der Waals surface area (Å²) in [6, 6.07) is 50.4. The number of benzene rings is 6. The van der Waals surface area contributed by atoms with Gasteiger partial charge in [0.2, 0.25) is 23.6 Å². The molecule has 0 unspecified atom stereocenters. The lowest BCUT2D eigenvalue weighted by molar-refractivity contribution is 0.584. The van der Waals surface area contributed by atoms with Gasteiger partial charge in [-0.15, -0.1) is 20.4 Å². The lowest BCUT2D eigenvalue weighted by atomic mass is 9.67. The molecule has 0 radical (unpaired) electrons. The van der Waals surface area contributed by atoms with Crippen molar-refractivity contribution in [3.05, 3.63) is 179 Å². The largest absolute Gasteiger partial charge is 0.416 e. The summed E-state index contributed by atoms with van der Waals surface area (Å²) in [7, 11) is 0. The highest BCUT2D eigenvalue weighted by atomic mass is 16.4. The molecule has 1 aliphatic carbocycles. The van der Waals surface area contributed by atoms with Crippen LogP contribution >= 0.6 is 0 Å². The summed E-state index contributed by atoms with van der Waals surface area (Å²) >= 11 is 0. The normalized spacial score (nSPS) is 12.9. The van der Waals surface area contributed by atoms with Gasteiger partial charge in [0.25, 0.3) is 0 Å². The molecule has 0 saturated carbocycles. The molecule has 8 aromatic rings. The van der Waals surface area contributed by atoms with Crippen LogP contribution in [-0.4, -0.2) is 20.4 Å². The highest BCUT2D eigenvalue weighted by Gasteiger charge is 2.46. The Labute approximate surface area is 283 Å². The summed E-state index contributed by atoms with van der Waals surface area (Å²) in [5, 5.41) is 17.4. The Hall–Kier alpha value is -6.40. The van der Waals surface area contributed by atoms with Crippen molar-refractivity contribution in [2.24, 2.45) is 0 Å². The summed E-state index contributed by atoms with van der Waals surface area (Å²) in [4.78, 5) is 0. The molecule has 0 bridgehead atoms. The van der Waals surface area contributed by atoms with Gasteiger partial charge in [0.15, 0.2) is 0 Å². The molecule has 49 heavy (non-hydrogen) atoms. The van der Waals surface area contributed by atoms with Gasteiger partial charge in [-0.3, -0.25) is 0 Å². The van der Waals surface area contributed by atoms with Crippen molar-refractivity contribution >= 4 is 0 Å². The molecule has 0 saturated heterocycles. The first-order valence-corrected chi connectivity index (χ1v) is 16.3. The Bertz CT molecular complexity index is 2270. The molecule has 6 aromatic carbocycles. The van der Waals surface area contributed by atoms with Gasteiger partial charge in [-0.25, -0.2) is 0 Å². The predicted molar refractivity (Wildman–Crippen MR) is 191 cm³/mol. The van der Waals surface area contributed by atoms with E-state index in [2.05, 4.69) is 119 Å². The maximum Gasteiger partial charge on any atom is 0.248 e. The second-order valence-corrected chi connectivity index (χ2v) is 12.6. The van der Waals surface area contributed by atoms with Crippen molar-refractivity contribution in [3.63, 3.8) is 0 Å². The molecule has 9 rings (SSSR count). The van der Waals surface area contributed by atoms with Crippen LogP contribution in [0.2, 0.25) is 0 Å². The van der Waals surface area contributed by atoms with Gasteiger partial charge in [0.05, 0.1) is 5.41 Å². The summed E-state index contributed by atoms with van der Waals surface area (Å²) in [5.74, 6) is 1.96. The van der Waals surface area contributed by atoms with Crippen molar-refractivity contribution in [2.45, 2.75) is 19.3 Å². The molecule has 0 spiro atoms. The molecule has 0 amide bonds. The van der Waals surface area contributed by atoms with Crippen LogP contribution in [0.5, 0.6) is 0 Å². The van der Waals surface area contributed by atoms with Crippen LogP contribution in [0, 0.1) is 13.8 Å². The van der Waals surface area contributed by atoms with E-state index in [1.54, 1.807) is 0 Å². The second-order valence-electron chi connectivity index (χ2n) is 12.6. The third-order valence-electron chi connectivity index (χ3n) is 9.47. The van der Waals surface area contributed by atoms with Gasteiger partial charge in [-0.2, -0.15) is 0 Å². The topological polar surface area (TPSA) is 77.8 Å². The number of fused-ring (bicyclic) bond motifs is 3. The molecule has 0 fully saturated rings. The Kier molecular flexibility index (Phi) is 6.69. The summed E-state index contributed by atoms with van der Waals surface area (Å²) in [6.07, 6.45) is 0. The summed E-state index contributed by atoms with van der Waals surface area (Å²) in [6.45, 7) is 4.32. The standard InChI is InChI=1S/C43H30N4O2/c1-27-13-23-35-36-24-14-28(2)26-38(36)43(37(35)25-27,33-19-15-31(16-20-33)41-46-44-39(48-41)29-9-5-3-6-10-29)34-21-17-32(18-22-34)42-47-45-40(49-42)30-11-7-4-8-12-30/h3-26H,1-2H3. The third kappa shape index (κ3) is 4.72. The third-order valence-corrected chi connectivity index (χ3v) is 9.47. The molecule has 6 nitrogen and oxygen atoms in total. The molecule has 0 N–H and O–H groups in total. The maximum atomic E-state index is 6.12. The minimum absolute atomic E-state index is 0.483. The van der Waals surface area contributed by atoms with Gasteiger partial charge in [0.1, 0.15) is 0 Å². The van der Waals surface area contributed by atoms with Crippen LogP contribution < -0.4 is 0 Å². The Morgan fingerprint density at radius 1 is 0.388 bits per heavy atom. The van der Waals surface area contributed by atoms with Crippen LogP contribution in [0.3, 0.4) is 0 Å². The monoisotopic (exact) mass is 634 g/mol. The van der Waals surface area contributed by atoms with E-state index in [0.29, 0.717) is 23.6 Å². The highest BCUT2D eigenvalue weighted by Crippen LogP contribution is 2.56. The Balaban J connectivity index is 1.18. The Morgan fingerprint density at radius 2 is 0.735 bits per heavy atom. The van der Waals surface area contributed by atoms with Crippen molar-refractivity contribution in [2.75, 3.05) is 0 Å². The van der Waals surface area contributed by atoms with Crippen molar-refractivity contribution in [1.82, 2.24) is 20.4 Å². The number of nitrogens with zero attached hydrogens (tertiary/aromatic N) is 4. The average molecular weight is 635 g/mol. The van der Waals surface area contributed by atoms with Gasteiger partial charge < -0.3 is 8.83 Å². The van der Waals surface area contributed by atoms with E-state index >= 15 is 0 Å². The number of hydrogen-bond donors (Lipinski definition) is 0. The molecule has 2 aromatic heterocycles. The number of rotatable bonds is 6. The molecular formula is C43H30N4O2. The fourth-order valence-electron chi connectivity index (χ4n) is 7.14. The minimum Gasteiger partial charge on any atom is -0.416 e. The summed E-state index contributed by atoms with van der Waals surface area (Å²) < 4.78 is 12.2. The van der Waals surface area contributed by atoms with E-state index in [1.807, 2.05) is 60.7 Å². The van der Waals surface area contributed by atoms with E-state index in [9.17, 15) is 0 Å². The summed E-state index contributed by atoms with van der Waals surface area (Å²) in [5.41, 5.74) is 12.6. The molecule has 0 atom stereocenters. The van der Waals surface area contributed by atoms with E-state index < -0.39 is 5.41 Å². The van der Waals surface area contributed by atoms with Gasteiger partial charge in [-0.05, 0) is 95.8 Å². The SMILES string of the molecule is Cc1ccc2c(c1)C(c1ccc(-c3nnc(-c4ccccc4)o3)cc1)(c1ccc(-c3nnc(-c4ccccc4)o3)cc1)c1cc(C)ccc1-2. The van der Waals surface area contributed by atoms with Crippen LogP contribution in [0.4, 0.5) is 0 Å².